The standard InChI is InChI=1S/C16H12F2N2O2S/c17-16(18)22-11-5-3-4-10(8-11)15(21)19-9-14-20-12-6-1-2-7-13(12)23-14/h1-8,16H,9H2,(H,19,21). The lowest BCUT2D eigenvalue weighted by Gasteiger charge is -2.07. The second-order valence-electron chi connectivity index (χ2n) is 4.66. The van der Waals surface area contributed by atoms with Crippen LogP contribution in [0.1, 0.15) is 15.4 Å². The number of carbonyl (C=O) groups excluding carboxylic acids is 1. The number of carbonyl (C=O) groups is 1. The number of fused-ring (bicyclic) bond motifs is 1. The summed E-state index contributed by atoms with van der Waals surface area (Å²) >= 11 is 1.50. The average Bonchev–Trinajstić information content (AvgIpc) is 2.95. The van der Waals surface area contributed by atoms with Crippen molar-refractivity contribution in [2.75, 3.05) is 0 Å². The topological polar surface area (TPSA) is 51.2 Å². The Morgan fingerprint density at radius 3 is 2.83 bits per heavy atom. The molecule has 0 aliphatic rings. The smallest absolute Gasteiger partial charge is 0.387 e. The van der Waals surface area contributed by atoms with E-state index in [9.17, 15) is 13.6 Å². The molecule has 1 heterocycles. The summed E-state index contributed by atoms with van der Waals surface area (Å²) in [5.41, 5.74) is 1.14. The lowest BCUT2D eigenvalue weighted by molar-refractivity contribution is -0.0498. The first-order valence-electron chi connectivity index (χ1n) is 6.79. The van der Waals surface area contributed by atoms with Crippen LogP contribution in [0.4, 0.5) is 8.78 Å². The highest BCUT2D eigenvalue weighted by Crippen LogP contribution is 2.21. The van der Waals surface area contributed by atoms with Crippen LogP contribution in [0.25, 0.3) is 10.2 Å². The Morgan fingerprint density at radius 1 is 1.22 bits per heavy atom. The lowest BCUT2D eigenvalue weighted by atomic mass is 10.2. The van der Waals surface area contributed by atoms with Gasteiger partial charge in [-0.2, -0.15) is 8.78 Å². The van der Waals surface area contributed by atoms with Crippen molar-refractivity contribution in [3.05, 3.63) is 59.1 Å². The van der Waals surface area contributed by atoms with Gasteiger partial charge in [0.1, 0.15) is 10.8 Å². The maximum Gasteiger partial charge on any atom is 0.387 e. The molecule has 0 spiro atoms. The third kappa shape index (κ3) is 3.81. The fourth-order valence-corrected chi connectivity index (χ4v) is 2.97. The molecule has 0 aliphatic heterocycles. The van der Waals surface area contributed by atoms with Gasteiger partial charge >= 0.3 is 6.61 Å². The van der Waals surface area contributed by atoms with Gasteiger partial charge in [-0.1, -0.05) is 18.2 Å². The van der Waals surface area contributed by atoms with Crippen LogP contribution in [0.15, 0.2) is 48.5 Å². The second-order valence-corrected chi connectivity index (χ2v) is 5.78. The number of rotatable bonds is 5. The molecular weight excluding hydrogens is 322 g/mol. The molecular formula is C16H12F2N2O2S. The SMILES string of the molecule is O=C(NCc1nc2ccccc2s1)c1cccc(OC(F)F)c1. The molecule has 0 aliphatic carbocycles. The number of halogens is 2. The van der Waals surface area contributed by atoms with Crippen molar-refractivity contribution in [1.82, 2.24) is 10.3 Å². The first-order chi connectivity index (χ1) is 11.1. The van der Waals surface area contributed by atoms with Crippen molar-refractivity contribution < 1.29 is 18.3 Å². The normalized spacial score (nSPS) is 10.9. The molecule has 4 nitrogen and oxygen atoms in total. The van der Waals surface area contributed by atoms with Crippen LogP contribution >= 0.6 is 11.3 Å². The molecule has 0 unspecified atom stereocenters. The maximum atomic E-state index is 12.2. The zero-order chi connectivity index (χ0) is 16.2. The van der Waals surface area contributed by atoms with E-state index in [1.54, 1.807) is 0 Å². The van der Waals surface area contributed by atoms with Crippen molar-refractivity contribution >= 4 is 27.5 Å². The Kier molecular flexibility index (Phi) is 4.47. The van der Waals surface area contributed by atoms with Crippen molar-refractivity contribution in [3.8, 4) is 5.75 Å². The maximum absolute atomic E-state index is 12.2. The molecule has 23 heavy (non-hydrogen) atoms. The highest BCUT2D eigenvalue weighted by atomic mass is 32.1. The van der Waals surface area contributed by atoms with E-state index >= 15 is 0 Å². The van der Waals surface area contributed by atoms with Crippen LogP contribution in [-0.2, 0) is 6.54 Å². The summed E-state index contributed by atoms with van der Waals surface area (Å²) in [5, 5.41) is 3.50. The minimum Gasteiger partial charge on any atom is -0.435 e. The molecule has 2 aromatic carbocycles. The van der Waals surface area contributed by atoms with E-state index in [0.29, 0.717) is 0 Å². The van der Waals surface area contributed by atoms with E-state index in [0.717, 1.165) is 15.2 Å². The fraction of sp³-hybridized carbons (Fsp3) is 0.125. The van der Waals surface area contributed by atoms with Gasteiger partial charge in [-0.05, 0) is 30.3 Å². The molecule has 0 bridgehead atoms. The summed E-state index contributed by atoms with van der Waals surface area (Å²) < 4.78 is 29.7. The third-order valence-corrected chi connectivity index (χ3v) is 4.10. The van der Waals surface area contributed by atoms with Crippen LogP contribution in [0.5, 0.6) is 5.75 Å². The van der Waals surface area contributed by atoms with Gasteiger partial charge in [0, 0.05) is 5.56 Å². The molecule has 0 saturated carbocycles. The minimum atomic E-state index is -2.92. The highest BCUT2D eigenvalue weighted by molar-refractivity contribution is 7.18. The number of nitrogens with zero attached hydrogens (tertiary/aromatic N) is 1. The Bertz CT molecular complexity index is 803. The lowest BCUT2D eigenvalue weighted by Crippen LogP contribution is -2.22. The quantitative estimate of drug-likeness (QED) is 0.771. The van der Waals surface area contributed by atoms with Gasteiger partial charge in [-0.3, -0.25) is 4.79 Å². The van der Waals surface area contributed by atoms with Crippen molar-refractivity contribution in [1.29, 1.82) is 0 Å². The van der Waals surface area contributed by atoms with Crippen LogP contribution in [0.3, 0.4) is 0 Å². The zero-order valence-electron chi connectivity index (χ0n) is 11.8. The van der Waals surface area contributed by atoms with Crippen LogP contribution < -0.4 is 10.1 Å². The average molecular weight is 334 g/mol. The van der Waals surface area contributed by atoms with Gasteiger partial charge in [0.25, 0.3) is 5.91 Å². The predicted molar refractivity (Wildman–Crippen MR) is 83.9 cm³/mol. The number of ether oxygens (including phenoxy) is 1. The highest BCUT2D eigenvalue weighted by Gasteiger charge is 2.10. The first kappa shape index (κ1) is 15.4. The van der Waals surface area contributed by atoms with E-state index in [4.69, 9.17) is 0 Å². The summed E-state index contributed by atoms with van der Waals surface area (Å²) in [6, 6.07) is 13.4. The van der Waals surface area contributed by atoms with Crippen LogP contribution in [0.2, 0.25) is 0 Å². The molecule has 0 fully saturated rings. The summed E-state index contributed by atoms with van der Waals surface area (Å²) in [6.07, 6.45) is 0. The molecule has 0 radical (unpaired) electrons. The van der Waals surface area contributed by atoms with Gasteiger partial charge in [-0.15, -0.1) is 11.3 Å². The third-order valence-electron chi connectivity index (χ3n) is 3.06. The number of aromatic nitrogens is 1. The molecule has 1 N–H and O–H groups in total. The molecule has 0 atom stereocenters. The van der Waals surface area contributed by atoms with E-state index < -0.39 is 6.61 Å². The number of alkyl halides is 2. The summed E-state index contributed by atoms with van der Waals surface area (Å²) in [6.45, 7) is -2.64. The Labute approximate surface area is 134 Å². The van der Waals surface area contributed by atoms with Crippen molar-refractivity contribution in [3.63, 3.8) is 0 Å². The van der Waals surface area contributed by atoms with E-state index in [2.05, 4.69) is 15.0 Å². The van der Waals surface area contributed by atoms with Crippen molar-refractivity contribution in [2.45, 2.75) is 13.2 Å². The van der Waals surface area contributed by atoms with Gasteiger partial charge < -0.3 is 10.1 Å². The van der Waals surface area contributed by atoms with Crippen molar-refractivity contribution in [2.24, 2.45) is 0 Å². The molecule has 3 aromatic rings. The molecule has 118 valence electrons. The summed E-state index contributed by atoms with van der Waals surface area (Å²) in [4.78, 5) is 16.5. The Balaban J connectivity index is 1.67. The molecule has 0 saturated heterocycles. The number of thiazole rings is 1. The molecule has 1 aromatic heterocycles. The van der Waals surface area contributed by atoms with Gasteiger partial charge in [0.05, 0.1) is 16.8 Å². The largest absolute Gasteiger partial charge is 0.435 e. The van der Waals surface area contributed by atoms with E-state index in [-0.39, 0.29) is 23.8 Å². The number of amides is 1. The summed E-state index contributed by atoms with van der Waals surface area (Å²) in [5.74, 6) is -0.420. The molecule has 1 amide bonds. The van der Waals surface area contributed by atoms with E-state index in [1.165, 1.54) is 35.6 Å². The van der Waals surface area contributed by atoms with Crippen LogP contribution in [0, 0.1) is 0 Å². The predicted octanol–water partition coefficient (Wildman–Crippen LogP) is 3.83. The number of hydrogen-bond acceptors (Lipinski definition) is 4. The fourth-order valence-electron chi connectivity index (χ4n) is 2.07. The summed E-state index contributed by atoms with van der Waals surface area (Å²) in [7, 11) is 0. The van der Waals surface area contributed by atoms with E-state index in [1.807, 2.05) is 24.3 Å². The molecule has 7 heteroatoms. The second kappa shape index (κ2) is 6.70. The monoisotopic (exact) mass is 334 g/mol. The number of para-hydroxylation sites is 1. The Morgan fingerprint density at radius 2 is 2.04 bits per heavy atom. The molecule has 3 rings (SSSR count). The first-order valence-corrected chi connectivity index (χ1v) is 7.61. The van der Waals surface area contributed by atoms with Gasteiger partial charge in [-0.25, -0.2) is 4.98 Å². The van der Waals surface area contributed by atoms with Gasteiger partial charge in [0.15, 0.2) is 0 Å². The Hall–Kier alpha value is -2.54. The minimum absolute atomic E-state index is 0.0485. The number of hydrogen-bond donors (Lipinski definition) is 1. The number of nitrogens with one attached hydrogen (secondary N) is 1. The van der Waals surface area contributed by atoms with Gasteiger partial charge in [0.2, 0.25) is 0 Å². The number of benzene rings is 2. The zero-order valence-corrected chi connectivity index (χ0v) is 12.6. The van der Waals surface area contributed by atoms with Crippen LogP contribution in [-0.4, -0.2) is 17.5 Å².